The molecule has 23 heavy (non-hydrogen) atoms. The summed E-state index contributed by atoms with van der Waals surface area (Å²) in [4.78, 5) is 18.6. The maximum Gasteiger partial charge on any atom is 0.414 e. The number of thiazole rings is 1. The minimum absolute atomic E-state index is 0.385. The standard InChI is InChI=1S/C16H20ClN3O2S/c1-16(2,3)22-15(21)20(4)12-7-5-6-11(8-12)18-9-13-10-19-14(17)23-13/h5-8,10,18H,9H2,1-4H3. The number of amides is 1. The predicted molar refractivity (Wildman–Crippen MR) is 95.5 cm³/mol. The topological polar surface area (TPSA) is 54.5 Å². The van der Waals surface area contributed by atoms with Gasteiger partial charge in [0.1, 0.15) is 5.60 Å². The number of benzene rings is 1. The van der Waals surface area contributed by atoms with E-state index in [9.17, 15) is 4.79 Å². The molecule has 0 saturated carbocycles. The number of anilines is 2. The van der Waals surface area contributed by atoms with E-state index in [4.69, 9.17) is 16.3 Å². The first-order valence-electron chi connectivity index (χ1n) is 7.15. The second kappa shape index (κ2) is 7.19. The molecule has 0 radical (unpaired) electrons. The van der Waals surface area contributed by atoms with Crippen molar-refractivity contribution in [3.05, 3.63) is 39.8 Å². The fourth-order valence-electron chi connectivity index (χ4n) is 1.81. The summed E-state index contributed by atoms with van der Waals surface area (Å²) in [6.07, 6.45) is 1.36. The highest BCUT2D eigenvalue weighted by molar-refractivity contribution is 7.15. The second-order valence-corrected chi connectivity index (χ2v) is 7.72. The van der Waals surface area contributed by atoms with Gasteiger partial charge >= 0.3 is 6.09 Å². The highest BCUT2D eigenvalue weighted by atomic mass is 35.5. The molecule has 1 amide bonds. The molecule has 0 aliphatic heterocycles. The number of carbonyl (C=O) groups is 1. The molecule has 0 unspecified atom stereocenters. The lowest BCUT2D eigenvalue weighted by atomic mass is 10.2. The molecule has 124 valence electrons. The first-order chi connectivity index (χ1) is 10.7. The maximum absolute atomic E-state index is 12.1. The molecule has 0 aliphatic rings. The van der Waals surface area contributed by atoms with Crippen molar-refractivity contribution in [3.8, 4) is 0 Å². The van der Waals surface area contributed by atoms with E-state index in [0.29, 0.717) is 11.0 Å². The van der Waals surface area contributed by atoms with Crippen LogP contribution in [-0.2, 0) is 11.3 Å². The van der Waals surface area contributed by atoms with Gasteiger partial charge < -0.3 is 10.1 Å². The van der Waals surface area contributed by atoms with Crippen LogP contribution >= 0.6 is 22.9 Å². The Hall–Kier alpha value is -1.79. The highest BCUT2D eigenvalue weighted by Crippen LogP contribution is 2.23. The second-order valence-electron chi connectivity index (χ2n) is 6.02. The molecule has 0 saturated heterocycles. The molecule has 1 aromatic carbocycles. The molecule has 0 spiro atoms. The average Bonchev–Trinajstić information content (AvgIpc) is 2.88. The summed E-state index contributed by atoms with van der Waals surface area (Å²) in [5.74, 6) is 0. The Morgan fingerprint density at radius 2 is 2.17 bits per heavy atom. The van der Waals surface area contributed by atoms with Gasteiger partial charge in [-0.2, -0.15) is 0 Å². The molecule has 0 fully saturated rings. The van der Waals surface area contributed by atoms with E-state index in [2.05, 4.69) is 10.3 Å². The molecule has 1 aromatic heterocycles. The van der Waals surface area contributed by atoms with E-state index < -0.39 is 5.60 Å². The van der Waals surface area contributed by atoms with Gasteiger partial charge in [0.15, 0.2) is 4.47 Å². The molecule has 2 rings (SSSR count). The maximum atomic E-state index is 12.1. The number of halogens is 1. The van der Waals surface area contributed by atoms with Gasteiger partial charge in [-0.15, -0.1) is 11.3 Å². The van der Waals surface area contributed by atoms with Gasteiger partial charge in [-0.05, 0) is 39.0 Å². The monoisotopic (exact) mass is 353 g/mol. The molecule has 0 atom stereocenters. The summed E-state index contributed by atoms with van der Waals surface area (Å²) in [6.45, 7) is 6.16. The van der Waals surface area contributed by atoms with Gasteiger partial charge in [0.25, 0.3) is 0 Å². The van der Waals surface area contributed by atoms with Crippen molar-refractivity contribution in [2.24, 2.45) is 0 Å². The zero-order chi connectivity index (χ0) is 17.0. The van der Waals surface area contributed by atoms with Crippen LogP contribution in [-0.4, -0.2) is 23.7 Å². The van der Waals surface area contributed by atoms with Crippen LogP contribution in [0.2, 0.25) is 4.47 Å². The Morgan fingerprint density at radius 1 is 1.43 bits per heavy atom. The molecule has 2 aromatic rings. The first-order valence-corrected chi connectivity index (χ1v) is 8.35. The number of nitrogens with zero attached hydrogens (tertiary/aromatic N) is 2. The van der Waals surface area contributed by atoms with Crippen molar-refractivity contribution < 1.29 is 9.53 Å². The van der Waals surface area contributed by atoms with Crippen molar-refractivity contribution >= 4 is 40.4 Å². The summed E-state index contributed by atoms with van der Waals surface area (Å²) < 4.78 is 5.90. The minimum Gasteiger partial charge on any atom is -0.443 e. The van der Waals surface area contributed by atoms with Crippen molar-refractivity contribution in [1.29, 1.82) is 0 Å². The third-order valence-electron chi connectivity index (χ3n) is 2.89. The van der Waals surface area contributed by atoms with E-state index in [1.54, 1.807) is 13.2 Å². The average molecular weight is 354 g/mol. The SMILES string of the molecule is CN(C(=O)OC(C)(C)C)c1cccc(NCc2cnc(Cl)s2)c1. The summed E-state index contributed by atoms with van der Waals surface area (Å²) >= 11 is 7.25. The Morgan fingerprint density at radius 3 is 2.78 bits per heavy atom. The smallest absolute Gasteiger partial charge is 0.414 e. The van der Waals surface area contributed by atoms with Crippen LogP contribution in [0.25, 0.3) is 0 Å². The van der Waals surface area contributed by atoms with Gasteiger partial charge in [-0.1, -0.05) is 17.7 Å². The normalized spacial score (nSPS) is 11.2. The molecule has 1 N–H and O–H groups in total. The van der Waals surface area contributed by atoms with E-state index in [1.165, 1.54) is 16.2 Å². The fourth-order valence-corrected chi connectivity index (χ4v) is 2.73. The summed E-state index contributed by atoms with van der Waals surface area (Å²) in [5.41, 5.74) is 1.14. The van der Waals surface area contributed by atoms with E-state index in [-0.39, 0.29) is 6.09 Å². The van der Waals surface area contributed by atoms with Gasteiger partial charge in [0, 0.05) is 29.5 Å². The van der Waals surface area contributed by atoms with Crippen LogP contribution in [0.4, 0.5) is 16.2 Å². The van der Waals surface area contributed by atoms with Crippen molar-refractivity contribution in [2.45, 2.75) is 32.9 Å². The summed E-state index contributed by atoms with van der Waals surface area (Å²) in [5, 5.41) is 3.29. The predicted octanol–water partition coefficient (Wildman–Crippen LogP) is 4.78. The number of ether oxygens (including phenoxy) is 1. The van der Waals surface area contributed by atoms with Gasteiger partial charge in [-0.25, -0.2) is 9.78 Å². The molecular weight excluding hydrogens is 334 g/mol. The Bertz CT molecular complexity index is 682. The third kappa shape index (κ3) is 5.41. The number of hydrogen-bond acceptors (Lipinski definition) is 5. The number of hydrogen-bond donors (Lipinski definition) is 1. The van der Waals surface area contributed by atoms with Gasteiger partial charge in [0.2, 0.25) is 0 Å². The lowest BCUT2D eigenvalue weighted by Crippen LogP contribution is -2.34. The number of aromatic nitrogens is 1. The van der Waals surface area contributed by atoms with Gasteiger partial charge in [-0.3, -0.25) is 4.90 Å². The van der Waals surface area contributed by atoms with Crippen LogP contribution in [0.15, 0.2) is 30.5 Å². The zero-order valence-corrected chi connectivity index (χ0v) is 15.2. The fraction of sp³-hybridized carbons (Fsp3) is 0.375. The zero-order valence-electron chi connectivity index (χ0n) is 13.6. The van der Waals surface area contributed by atoms with E-state index >= 15 is 0 Å². The van der Waals surface area contributed by atoms with Crippen molar-refractivity contribution in [3.63, 3.8) is 0 Å². The van der Waals surface area contributed by atoms with Gasteiger partial charge in [0.05, 0.1) is 6.54 Å². The van der Waals surface area contributed by atoms with Crippen molar-refractivity contribution in [2.75, 3.05) is 17.3 Å². The van der Waals surface area contributed by atoms with Crippen LogP contribution in [0.1, 0.15) is 25.6 Å². The Kier molecular flexibility index (Phi) is 5.49. The molecule has 5 nitrogen and oxygen atoms in total. The Balaban J connectivity index is 2.02. The number of rotatable bonds is 4. The lowest BCUT2D eigenvalue weighted by Gasteiger charge is -2.25. The lowest BCUT2D eigenvalue weighted by molar-refractivity contribution is 0.0589. The first kappa shape index (κ1) is 17.6. The van der Waals surface area contributed by atoms with Crippen LogP contribution in [0, 0.1) is 0 Å². The molecule has 1 heterocycles. The molecule has 0 aliphatic carbocycles. The van der Waals surface area contributed by atoms with Crippen LogP contribution in [0.5, 0.6) is 0 Å². The quantitative estimate of drug-likeness (QED) is 0.859. The third-order valence-corrected chi connectivity index (χ3v) is 4.01. The highest BCUT2D eigenvalue weighted by Gasteiger charge is 2.20. The number of nitrogens with one attached hydrogen (secondary N) is 1. The minimum atomic E-state index is -0.521. The molecular formula is C16H20ClN3O2S. The van der Waals surface area contributed by atoms with Crippen LogP contribution < -0.4 is 10.2 Å². The number of carbonyl (C=O) groups excluding carboxylic acids is 1. The van der Waals surface area contributed by atoms with E-state index in [1.807, 2.05) is 45.0 Å². The Labute approximate surface area is 145 Å². The van der Waals surface area contributed by atoms with E-state index in [0.717, 1.165) is 16.3 Å². The molecule has 0 bridgehead atoms. The molecule has 7 heteroatoms. The van der Waals surface area contributed by atoms with Crippen molar-refractivity contribution in [1.82, 2.24) is 4.98 Å². The summed E-state index contributed by atoms with van der Waals surface area (Å²) in [7, 11) is 1.69. The largest absolute Gasteiger partial charge is 0.443 e. The van der Waals surface area contributed by atoms with Crippen LogP contribution in [0.3, 0.4) is 0 Å². The summed E-state index contributed by atoms with van der Waals surface area (Å²) in [6, 6.07) is 7.58.